The SMILES string of the molecule is [Mn].c1ccc2c(c1)C1=NC2=NC2=NC(=NC3=NC(=NC4=NC(=N1)c1ccccc14)c1cc4cc5ccccc5cc4cc13)c1ccccc12. The van der Waals surface area contributed by atoms with Gasteiger partial charge in [0.2, 0.25) is 0 Å². The van der Waals surface area contributed by atoms with E-state index in [0.29, 0.717) is 46.7 Å². The standard InChI is InChI=1S/C40H20N8.Mn/c1-2-10-22-18-24-20-32-31(19-23(24)17-21(22)9-1)39-46-37-29-15-7-5-13-27(29)35(44-37)42-33-25-11-3-4-12-26(25)34(41-33)43-36-28-14-6-8-16-30(28)38(45-36)47-40(32)48-39;/h1-20H;. The van der Waals surface area contributed by atoms with Gasteiger partial charge in [0.25, 0.3) is 0 Å². The third-order valence-electron chi connectivity index (χ3n) is 9.24. The largest absolute Gasteiger partial charge is 0.208 e. The maximum atomic E-state index is 5.12. The van der Waals surface area contributed by atoms with Crippen LogP contribution in [0.15, 0.2) is 161 Å². The number of aliphatic imine (C=N–C) groups is 8. The average molecular weight is 668 g/mol. The monoisotopic (exact) mass is 667 g/mol. The van der Waals surface area contributed by atoms with Crippen LogP contribution in [0.25, 0.3) is 21.5 Å². The molecule has 0 spiro atoms. The number of nitrogens with zero attached hydrogens (tertiary/aromatic N) is 8. The van der Waals surface area contributed by atoms with Crippen molar-refractivity contribution in [1.82, 2.24) is 0 Å². The van der Waals surface area contributed by atoms with Gasteiger partial charge in [0.15, 0.2) is 46.7 Å². The van der Waals surface area contributed by atoms with Gasteiger partial charge in [-0.05, 0) is 45.8 Å². The Morgan fingerprint density at radius 3 is 0.714 bits per heavy atom. The minimum Gasteiger partial charge on any atom is -0.208 e. The van der Waals surface area contributed by atoms with Crippen LogP contribution in [0, 0.1) is 0 Å². The minimum atomic E-state index is 0. The van der Waals surface area contributed by atoms with Crippen molar-refractivity contribution in [2.75, 3.05) is 0 Å². The van der Waals surface area contributed by atoms with Gasteiger partial charge in [0, 0.05) is 61.6 Å². The van der Waals surface area contributed by atoms with Crippen molar-refractivity contribution in [1.29, 1.82) is 0 Å². The second kappa shape index (κ2) is 10.4. The number of amidine groups is 8. The molecule has 0 saturated carbocycles. The van der Waals surface area contributed by atoms with Crippen LogP contribution < -0.4 is 0 Å². The first kappa shape index (κ1) is 27.8. The van der Waals surface area contributed by atoms with Crippen molar-refractivity contribution >= 4 is 68.2 Å². The number of benzene rings is 6. The Hall–Kier alpha value is -6.28. The molecule has 0 amide bonds. The average Bonchev–Trinajstić information content (AvgIpc) is 3.85. The van der Waals surface area contributed by atoms with Gasteiger partial charge in [0.1, 0.15) is 0 Å². The maximum absolute atomic E-state index is 5.12. The maximum Gasteiger partial charge on any atom is 0.164 e. The molecule has 8 bridgehead atoms. The van der Waals surface area contributed by atoms with Crippen LogP contribution in [-0.2, 0) is 17.1 Å². The summed E-state index contributed by atoms with van der Waals surface area (Å²) in [5, 5.41) is 4.55. The Balaban J connectivity index is 0.00000306. The van der Waals surface area contributed by atoms with E-state index in [2.05, 4.69) is 48.5 Å². The fraction of sp³-hybridized carbons (Fsp3) is 0. The molecular formula is C40H20MnN8. The molecule has 9 heteroatoms. The van der Waals surface area contributed by atoms with E-state index in [9.17, 15) is 0 Å². The van der Waals surface area contributed by atoms with Gasteiger partial charge < -0.3 is 0 Å². The first-order valence-corrected chi connectivity index (χ1v) is 15.7. The molecule has 49 heavy (non-hydrogen) atoms. The molecule has 1 radical (unpaired) electrons. The molecule has 6 aromatic rings. The third-order valence-corrected chi connectivity index (χ3v) is 9.24. The number of hydrogen-bond acceptors (Lipinski definition) is 8. The summed E-state index contributed by atoms with van der Waals surface area (Å²) >= 11 is 0. The van der Waals surface area contributed by atoms with Crippen LogP contribution in [0.1, 0.15) is 44.5 Å². The van der Waals surface area contributed by atoms with E-state index in [1.807, 2.05) is 72.8 Å². The van der Waals surface area contributed by atoms with Gasteiger partial charge in [-0.2, -0.15) is 0 Å². The second-order valence-corrected chi connectivity index (χ2v) is 12.1. The quantitative estimate of drug-likeness (QED) is 0.122. The van der Waals surface area contributed by atoms with Gasteiger partial charge in [0.05, 0.1) is 0 Å². The van der Waals surface area contributed by atoms with Gasteiger partial charge >= 0.3 is 0 Å². The Bertz CT molecular complexity index is 2780. The van der Waals surface area contributed by atoms with Crippen molar-refractivity contribution in [2.24, 2.45) is 39.9 Å². The summed E-state index contributed by atoms with van der Waals surface area (Å²) < 4.78 is 0. The van der Waals surface area contributed by atoms with Crippen LogP contribution in [-0.4, -0.2) is 46.7 Å². The Labute approximate surface area is 290 Å². The van der Waals surface area contributed by atoms with Gasteiger partial charge in [-0.3, -0.25) is 0 Å². The van der Waals surface area contributed by atoms with E-state index in [0.717, 1.165) is 55.3 Å². The van der Waals surface area contributed by atoms with Crippen molar-refractivity contribution in [2.45, 2.75) is 0 Å². The van der Waals surface area contributed by atoms with Crippen LogP contribution in [0.4, 0.5) is 0 Å². The molecule has 0 aromatic heterocycles. The van der Waals surface area contributed by atoms with Gasteiger partial charge in [-0.25, -0.2) is 39.9 Å². The molecule has 0 unspecified atom stereocenters. The van der Waals surface area contributed by atoms with Crippen molar-refractivity contribution in [3.05, 3.63) is 166 Å². The molecule has 6 aromatic carbocycles. The molecular weight excluding hydrogens is 647 g/mol. The molecule has 227 valence electrons. The smallest absolute Gasteiger partial charge is 0.164 e. The molecule has 0 saturated heterocycles. The van der Waals surface area contributed by atoms with E-state index >= 15 is 0 Å². The first-order valence-electron chi connectivity index (χ1n) is 15.7. The van der Waals surface area contributed by atoms with Crippen LogP contribution >= 0.6 is 0 Å². The van der Waals surface area contributed by atoms with Crippen LogP contribution in [0.3, 0.4) is 0 Å². The van der Waals surface area contributed by atoms with Crippen LogP contribution in [0.5, 0.6) is 0 Å². The summed E-state index contributed by atoms with van der Waals surface area (Å²) in [5.74, 6) is 4.35. The summed E-state index contributed by atoms with van der Waals surface area (Å²) in [6.07, 6.45) is 0. The predicted molar refractivity (Wildman–Crippen MR) is 193 cm³/mol. The molecule has 8 nitrogen and oxygen atoms in total. The van der Waals surface area contributed by atoms with E-state index in [-0.39, 0.29) is 17.1 Å². The Morgan fingerprint density at radius 1 is 0.224 bits per heavy atom. The van der Waals surface area contributed by atoms with Crippen molar-refractivity contribution < 1.29 is 17.1 Å². The number of rotatable bonds is 0. The second-order valence-electron chi connectivity index (χ2n) is 12.1. The van der Waals surface area contributed by atoms with Gasteiger partial charge in [-0.1, -0.05) is 97.1 Å². The summed E-state index contributed by atoms with van der Waals surface area (Å²) in [5.41, 5.74) is 7.10. The zero-order valence-electron chi connectivity index (χ0n) is 25.5. The van der Waals surface area contributed by atoms with Crippen LogP contribution in [0.2, 0.25) is 0 Å². The molecule has 0 atom stereocenters. The van der Waals surface area contributed by atoms with E-state index in [1.165, 1.54) is 10.8 Å². The fourth-order valence-electron chi connectivity index (χ4n) is 6.95. The van der Waals surface area contributed by atoms with Gasteiger partial charge in [-0.15, -0.1) is 0 Å². The van der Waals surface area contributed by atoms with Crippen molar-refractivity contribution in [3.63, 3.8) is 0 Å². The summed E-state index contributed by atoms with van der Waals surface area (Å²) in [6, 6.07) is 41.1. The topological polar surface area (TPSA) is 98.9 Å². The molecule has 0 aliphatic carbocycles. The zero-order valence-corrected chi connectivity index (χ0v) is 26.7. The molecule has 0 fully saturated rings. The van der Waals surface area contributed by atoms with E-state index in [4.69, 9.17) is 39.9 Å². The molecule has 0 N–H and O–H groups in total. The number of hydrogen-bond donors (Lipinski definition) is 0. The minimum absolute atomic E-state index is 0. The molecule has 5 heterocycles. The normalized spacial score (nSPS) is 16.2. The zero-order chi connectivity index (χ0) is 31.3. The van der Waals surface area contributed by atoms with E-state index in [1.54, 1.807) is 0 Å². The third kappa shape index (κ3) is 4.16. The first-order chi connectivity index (χ1) is 23.7. The summed E-state index contributed by atoms with van der Waals surface area (Å²) in [4.78, 5) is 40.2. The molecule has 5 aliphatic rings. The number of fused-ring (bicyclic) bond motifs is 18. The summed E-state index contributed by atoms with van der Waals surface area (Å²) in [6.45, 7) is 0. The van der Waals surface area contributed by atoms with Crippen molar-refractivity contribution in [3.8, 4) is 0 Å². The Morgan fingerprint density at radius 2 is 0.449 bits per heavy atom. The fourth-order valence-corrected chi connectivity index (χ4v) is 6.95. The predicted octanol–water partition coefficient (Wildman–Crippen LogP) is 7.13. The summed E-state index contributed by atoms with van der Waals surface area (Å²) in [7, 11) is 0. The Kier molecular flexibility index (Phi) is 5.88. The molecule has 11 rings (SSSR count). The van der Waals surface area contributed by atoms with E-state index < -0.39 is 0 Å². The molecule has 5 aliphatic heterocycles.